The van der Waals surface area contributed by atoms with Gasteiger partial charge in [-0.2, -0.15) is 0 Å². The molecule has 0 rings (SSSR count). The lowest BCUT2D eigenvalue weighted by Gasteiger charge is -2.07. The Morgan fingerprint density at radius 2 is 2.07 bits per heavy atom. The number of carbonyl (C=O) groups excluding carboxylic acids is 2. The Bertz CT molecular complexity index is 242. The fraction of sp³-hybridized carbons (Fsp3) is 0.444. The third kappa shape index (κ3) is 4.39. The summed E-state index contributed by atoms with van der Waals surface area (Å²) in [6.07, 6.45) is 0.966. The minimum atomic E-state index is -1.20. The SMILES string of the molecule is C=CC(=O)OCCC(C(C)=O)C(=O)O. The van der Waals surface area contributed by atoms with E-state index in [9.17, 15) is 14.4 Å². The number of aliphatic carboxylic acids is 1. The quantitative estimate of drug-likeness (QED) is 0.381. The predicted octanol–water partition coefficient (Wildman–Crippen LogP) is 0.395. The second-order valence-corrected chi connectivity index (χ2v) is 2.66. The number of carbonyl (C=O) groups is 3. The summed E-state index contributed by atoms with van der Waals surface area (Å²) in [5.41, 5.74) is 0. The van der Waals surface area contributed by atoms with Gasteiger partial charge in [0.15, 0.2) is 0 Å². The first-order chi connectivity index (χ1) is 6.49. The molecule has 1 atom stereocenters. The molecule has 1 unspecified atom stereocenters. The number of ether oxygens (including phenoxy) is 1. The molecular formula is C9H12O5. The van der Waals surface area contributed by atoms with E-state index in [2.05, 4.69) is 11.3 Å². The number of rotatable bonds is 6. The lowest BCUT2D eigenvalue weighted by Crippen LogP contribution is -2.23. The topological polar surface area (TPSA) is 80.7 Å². The molecule has 0 aromatic carbocycles. The van der Waals surface area contributed by atoms with Crippen molar-refractivity contribution in [3.05, 3.63) is 12.7 Å². The molecule has 0 radical (unpaired) electrons. The van der Waals surface area contributed by atoms with Crippen molar-refractivity contribution in [3.8, 4) is 0 Å². The van der Waals surface area contributed by atoms with Crippen molar-refractivity contribution < 1.29 is 24.2 Å². The Balaban J connectivity index is 3.96. The first-order valence-corrected chi connectivity index (χ1v) is 4.01. The van der Waals surface area contributed by atoms with Crippen LogP contribution in [0.15, 0.2) is 12.7 Å². The summed E-state index contributed by atoms with van der Waals surface area (Å²) in [6, 6.07) is 0. The molecule has 0 aliphatic rings. The van der Waals surface area contributed by atoms with Crippen LogP contribution in [0, 0.1) is 5.92 Å². The number of Topliss-reactive ketones (excluding diaryl/α,β-unsaturated/α-hetero) is 1. The molecule has 0 heterocycles. The van der Waals surface area contributed by atoms with Crippen LogP contribution in [0.1, 0.15) is 13.3 Å². The fourth-order valence-electron chi connectivity index (χ4n) is 0.837. The first-order valence-electron chi connectivity index (χ1n) is 4.01. The molecule has 5 heteroatoms. The zero-order chi connectivity index (χ0) is 11.1. The molecule has 0 saturated carbocycles. The van der Waals surface area contributed by atoms with Crippen LogP contribution in [0.2, 0.25) is 0 Å². The van der Waals surface area contributed by atoms with Crippen molar-refractivity contribution in [1.82, 2.24) is 0 Å². The maximum atomic E-state index is 10.8. The highest BCUT2D eigenvalue weighted by Gasteiger charge is 2.22. The Morgan fingerprint density at radius 3 is 2.43 bits per heavy atom. The number of esters is 1. The minimum absolute atomic E-state index is 0.00968. The summed E-state index contributed by atoms with van der Waals surface area (Å²) in [5.74, 6) is -3.38. The van der Waals surface area contributed by atoms with E-state index in [1.54, 1.807) is 0 Å². The molecule has 0 amide bonds. The third-order valence-corrected chi connectivity index (χ3v) is 1.61. The van der Waals surface area contributed by atoms with E-state index < -0.39 is 23.6 Å². The van der Waals surface area contributed by atoms with Gasteiger partial charge < -0.3 is 9.84 Å². The van der Waals surface area contributed by atoms with Crippen LogP contribution < -0.4 is 0 Å². The molecule has 0 aromatic heterocycles. The van der Waals surface area contributed by atoms with Gasteiger partial charge in [-0.1, -0.05) is 6.58 Å². The first kappa shape index (κ1) is 12.3. The summed E-state index contributed by atoms with van der Waals surface area (Å²) < 4.78 is 4.55. The maximum Gasteiger partial charge on any atom is 0.330 e. The number of ketones is 1. The van der Waals surface area contributed by atoms with Crippen molar-refractivity contribution in [2.75, 3.05) is 6.61 Å². The number of carboxylic acids is 1. The minimum Gasteiger partial charge on any atom is -0.481 e. The summed E-state index contributed by atoms with van der Waals surface area (Å²) in [4.78, 5) is 31.9. The van der Waals surface area contributed by atoms with Gasteiger partial charge in [0.25, 0.3) is 0 Å². The molecular weight excluding hydrogens is 188 g/mol. The van der Waals surface area contributed by atoms with E-state index in [4.69, 9.17) is 5.11 Å². The van der Waals surface area contributed by atoms with Crippen LogP contribution in [0.3, 0.4) is 0 Å². The van der Waals surface area contributed by atoms with Gasteiger partial charge in [-0.25, -0.2) is 4.79 Å². The van der Waals surface area contributed by atoms with Crippen LogP contribution in [0.5, 0.6) is 0 Å². The van der Waals surface area contributed by atoms with Gasteiger partial charge in [-0.15, -0.1) is 0 Å². The zero-order valence-electron chi connectivity index (χ0n) is 7.86. The molecule has 0 saturated heterocycles. The Kier molecular flexibility index (Phi) is 5.21. The highest BCUT2D eigenvalue weighted by Crippen LogP contribution is 2.05. The molecule has 78 valence electrons. The Hall–Kier alpha value is -1.65. The van der Waals surface area contributed by atoms with Crippen molar-refractivity contribution in [2.24, 2.45) is 5.92 Å². The Labute approximate surface area is 81.4 Å². The predicted molar refractivity (Wildman–Crippen MR) is 47.6 cm³/mol. The molecule has 1 N–H and O–H groups in total. The molecule has 0 bridgehead atoms. The van der Waals surface area contributed by atoms with Crippen molar-refractivity contribution in [1.29, 1.82) is 0 Å². The van der Waals surface area contributed by atoms with Crippen LogP contribution in [-0.4, -0.2) is 29.4 Å². The van der Waals surface area contributed by atoms with Crippen LogP contribution >= 0.6 is 0 Å². The zero-order valence-corrected chi connectivity index (χ0v) is 7.86. The smallest absolute Gasteiger partial charge is 0.330 e. The summed E-state index contributed by atoms with van der Waals surface area (Å²) in [7, 11) is 0. The van der Waals surface area contributed by atoms with Gasteiger partial charge in [0.05, 0.1) is 6.61 Å². The monoisotopic (exact) mass is 200 g/mol. The van der Waals surface area contributed by atoms with E-state index in [1.165, 1.54) is 6.92 Å². The van der Waals surface area contributed by atoms with Crippen LogP contribution in [0.25, 0.3) is 0 Å². The second kappa shape index (κ2) is 5.90. The van der Waals surface area contributed by atoms with Gasteiger partial charge in [0.1, 0.15) is 11.7 Å². The lowest BCUT2D eigenvalue weighted by molar-refractivity contribution is -0.148. The molecule has 5 nitrogen and oxygen atoms in total. The number of hydrogen-bond acceptors (Lipinski definition) is 4. The van der Waals surface area contributed by atoms with Crippen molar-refractivity contribution in [2.45, 2.75) is 13.3 Å². The van der Waals surface area contributed by atoms with Crippen molar-refractivity contribution >= 4 is 17.7 Å². The van der Waals surface area contributed by atoms with Gasteiger partial charge in [-0.05, 0) is 6.92 Å². The molecule has 0 spiro atoms. The summed E-state index contributed by atoms with van der Waals surface area (Å²) >= 11 is 0. The van der Waals surface area contributed by atoms with E-state index in [0.717, 1.165) is 6.08 Å². The Morgan fingerprint density at radius 1 is 1.50 bits per heavy atom. The molecule has 0 aromatic rings. The van der Waals surface area contributed by atoms with E-state index >= 15 is 0 Å². The van der Waals surface area contributed by atoms with Crippen molar-refractivity contribution in [3.63, 3.8) is 0 Å². The van der Waals surface area contributed by atoms with Crippen LogP contribution in [0.4, 0.5) is 0 Å². The van der Waals surface area contributed by atoms with Gasteiger partial charge in [-0.3, -0.25) is 9.59 Å². The van der Waals surface area contributed by atoms with E-state index in [1.807, 2.05) is 0 Å². The second-order valence-electron chi connectivity index (χ2n) is 2.66. The highest BCUT2D eigenvalue weighted by atomic mass is 16.5. The summed E-state index contributed by atoms with van der Waals surface area (Å²) in [6.45, 7) is 4.26. The van der Waals surface area contributed by atoms with Crippen LogP contribution in [-0.2, 0) is 19.1 Å². The lowest BCUT2D eigenvalue weighted by atomic mass is 10.0. The highest BCUT2D eigenvalue weighted by molar-refractivity contribution is 5.96. The average Bonchev–Trinajstić information content (AvgIpc) is 2.10. The van der Waals surface area contributed by atoms with E-state index in [-0.39, 0.29) is 13.0 Å². The molecule has 0 aliphatic heterocycles. The largest absolute Gasteiger partial charge is 0.481 e. The average molecular weight is 200 g/mol. The standard InChI is InChI=1S/C9H12O5/c1-3-8(11)14-5-4-7(6(2)10)9(12)13/h3,7H,1,4-5H2,2H3,(H,12,13). The summed E-state index contributed by atoms with van der Waals surface area (Å²) in [5, 5.41) is 8.58. The molecule has 0 aliphatic carbocycles. The normalized spacial score (nSPS) is 11.5. The number of hydrogen-bond donors (Lipinski definition) is 1. The van der Waals surface area contributed by atoms with E-state index in [0.29, 0.717) is 0 Å². The number of carboxylic acid groups (broad SMARTS) is 1. The molecule has 14 heavy (non-hydrogen) atoms. The fourth-order valence-corrected chi connectivity index (χ4v) is 0.837. The van der Waals surface area contributed by atoms with Gasteiger partial charge in [0, 0.05) is 12.5 Å². The molecule has 0 fully saturated rings. The third-order valence-electron chi connectivity index (χ3n) is 1.61. The van der Waals surface area contributed by atoms with Gasteiger partial charge in [0.2, 0.25) is 0 Å². The van der Waals surface area contributed by atoms with Gasteiger partial charge >= 0.3 is 11.9 Å². The maximum absolute atomic E-state index is 10.8.